The van der Waals surface area contributed by atoms with Gasteiger partial charge in [0, 0.05) is 10.6 Å². The molecule has 1 aromatic heterocycles. The first-order chi connectivity index (χ1) is 11.4. The molecule has 4 nitrogen and oxygen atoms in total. The monoisotopic (exact) mass is 360 g/mol. The van der Waals surface area contributed by atoms with Crippen LogP contribution in [0.15, 0.2) is 36.4 Å². The van der Waals surface area contributed by atoms with E-state index >= 15 is 0 Å². The van der Waals surface area contributed by atoms with E-state index in [-0.39, 0.29) is 11.4 Å². The first-order valence-corrected chi connectivity index (χ1v) is 7.68. The third-order valence-electron chi connectivity index (χ3n) is 3.49. The normalized spacial score (nSPS) is 10.6. The van der Waals surface area contributed by atoms with E-state index < -0.39 is 5.82 Å². The van der Waals surface area contributed by atoms with E-state index in [4.69, 9.17) is 28.9 Å². The number of aryl methyl sites for hydroxylation is 1. The van der Waals surface area contributed by atoms with Gasteiger partial charge in [0.2, 0.25) is 0 Å². The summed E-state index contributed by atoms with van der Waals surface area (Å²) in [5, 5.41) is 14.6. The van der Waals surface area contributed by atoms with Crippen molar-refractivity contribution < 1.29 is 4.39 Å². The molecule has 0 radical (unpaired) electrons. The number of nitrogens with two attached hydrogens (primary N) is 1. The molecule has 0 saturated carbocycles. The van der Waals surface area contributed by atoms with Gasteiger partial charge in [-0.25, -0.2) is 9.07 Å². The highest BCUT2D eigenvalue weighted by molar-refractivity contribution is 6.36. The van der Waals surface area contributed by atoms with Crippen LogP contribution in [-0.4, -0.2) is 9.78 Å². The average Bonchev–Trinajstić information content (AvgIpc) is 2.83. The lowest BCUT2D eigenvalue weighted by atomic mass is 10.1. The van der Waals surface area contributed by atoms with E-state index in [1.807, 2.05) is 6.07 Å². The zero-order valence-electron chi connectivity index (χ0n) is 12.5. The number of aromatic nitrogens is 2. The van der Waals surface area contributed by atoms with Gasteiger partial charge in [0.15, 0.2) is 0 Å². The van der Waals surface area contributed by atoms with E-state index in [0.29, 0.717) is 32.6 Å². The third kappa shape index (κ3) is 2.82. The third-order valence-corrected chi connectivity index (χ3v) is 4.04. The molecule has 0 saturated heterocycles. The fourth-order valence-electron chi connectivity index (χ4n) is 2.45. The molecule has 0 unspecified atom stereocenters. The lowest BCUT2D eigenvalue weighted by Gasteiger charge is -2.05. The standard InChI is InChI=1S/C17H11Cl2FN4/c1-9-4-11(20)7-12(5-9)24-17(22)14(8-21)16(23-24)13-3-2-10(18)6-15(13)19/h2-7H,22H2,1H3. The van der Waals surface area contributed by atoms with E-state index in [0.717, 1.165) is 0 Å². The number of hydrogen-bond donors (Lipinski definition) is 1. The molecule has 7 heteroatoms. The first kappa shape index (κ1) is 16.3. The van der Waals surface area contributed by atoms with Crippen molar-refractivity contribution in [3.05, 3.63) is 63.4 Å². The molecule has 2 aromatic carbocycles. The maximum Gasteiger partial charge on any atom is 0.145 e. The van der Waals surface area contributed by atoms with Gasteiger partial charge in [-0.2, -0.15) is 10.4 Å². The van der Waals surface area contributed by atoms with Crippen LogP contribution in [0.2, 0.25) is 10.0 Å². The molecular weight excluding hydrogens is 350 g/mol. The van der Waals surface area contributed by atoms with Gasteiger partial charge in [-0.3, -0.25) is 0 Å². The number of halogens is 3. The largest absolute Gasteiger partial charge is 0.382 e. The molecule has 0 fully saturated rings. The Bertz CT molecular complexity index is 969. The van der Waals surface area contributed by atoms with Crippen LogP contribution in [0.5, 0.6) is 0 Å². The van der Waals surface area contributed by atoms with Gasteiger partial charge < -0.3 is 5.73 Å². The predicted octanol–water partition coefficient (Wildman–Crippen LogP) is 4.75. The van der Waals surface area contributed by atoms with E-state index in [1.165, 1.54) is 16.8 Å². The van der Waals surface area contributed by atoms with Gasteiger partial charge in [-0.05, 0) is 48.9 Å². The number of nitrogen functional groups attached to an aromatic ring is 1. The van der Waals surface area contributed by atoms with Crippen molar-refractivity contribution in [2.24, 2.45) is 0 Å². The summed E-state index contributed by atoms with van der Waals surface area (Å²) in [7, 11) is 0. The van der Waals surface area contributed by atoms with Crippen LogP contribution in [-0.2, 0) is 0 Å². The molecule has 3 aromatic rings. The maximum atomic E-state index is 13.7. The summed E-state index contributed by atoms with van der Waals surface area (Å²) in [6.07, 6.45) is 0. The summed E-state index contributed by atoms with van der Waals surface area (Å²) in [5.41, 5.74) is 8.20. The SMILES string of the molecule is Cc1cc(F)cc(-n2nc(-c3ccc(Cl)cc3Cl)c(C#N)c2N)c1. The second kappa shape index (κ2) is 6.16. The number of nitriles is 1. The number of rotatable bonds is 2. The van der Waals surface area contributed by atoms with Crippen molar-refractivity contribution >= 4 is 29.0 Å². The zero-order valence-corrected chi connectivity index (χ0v) is 14.0. The molecule has 120 valence electrons. The highest BCUT2D eigenvalue weighted by atomic mass is 35.5. The fourth-order valence-corrected chi connectivity index (χ4v) is 2.95. The van der Waals surface area contributed by atoms with E-state index in [2.05, 4.69) is 5.10 Å². The van der Waals surface area contributed by atoms with Gasteiger partial charge in [0.25, 0.3) is 0 Å². The van der Waals surface area contributed by atoms with Crippen molar-refractivity contribution in [3.63, 3.8) is 0 Å². The van der Waals surface area contributed by atoms with Gasteiger partial charge in [0.1, 0.15) is 29.0 Å². The summed E-state index contributed by atoms with van der Waals surface area (Å²) in [6.45, 7) is 1.76. The second-order valence-corrected chi connectivity index (χ2v) is 6.09. The minimum atomic E-state index is -0.413. The highest BCUT2D eigenvalue weighted by Gasteiger charge is 2.20. The summed E-state index contributed by atoms with van der Waals surface area (Å²) in [5.74, 6) is -0.298. The van der Waals surface area contributed by atoms with Crippen molar-refractivity contribution in [2.75, 3.05) is 5.73 Å². The van der Waals surface area contributed by atoms with Crippen molar-refractivity contribution in [2.45, 2.75) is 6.92 Å². The second-order valence-electron chi connectivity index (χ2n) is 5.24. The Kier molecular flexibility index (Phi) is 4.18. The van der Waals surface area contributed by atoms with Gasteiger partial charge in [-0.15, -0.1) is 0 Å². The summed E-state index contributed by atoms with van der Waals surface area (Å²) in [4.78, 5) is 0. The Balaban J connectivity index is 2.25. The maximum absolute atomic E-state index is 13.7. The smallest absolute Gasteiger partial charge is 0.145 e. The Morgan fingerprint density at radius 1 is 1.21 bits per heavy atom. The molecule has 3 rings (SSSR count). The number of anilines is 1. The van der Waals surface area contributed by atoms with Crippen LogP contribution in [0.25, 0.3) is 16.9 Å². The van der Waals surface area contributed by atoms with Crippen LogP contribution in [0.4, 0.5) is 10.2 Å². The van der Waals surface area contributed by atoms with E-state index in [9.17, 15) is 9.65 Å². The van der Waals surface area contributed by atoms with Crippen molar-refractivity contribution in [1.82, 2.24) is 9.78 Å². The lowest BCUT2D eigenvalue weighted by Crippen LogP contribution is -2.03. The van der Waals surface area contributed by atoms with Crippen molar-refractivity contribution in [1.29, 1.82) is 5.26 Å². The predicted molar refractivity (Wildman–Crippen MR) is 92.8 cm³/mol. The Morgan fingerprint density at radius 2 is 1.96 bits per heavy atom. The highest BCUT2D eigenvalue weighted by Crippen LogP contribution is 2.34. The molecule has 0 aliphatic heterocycles. The Labute approximate surface area is 147 Å². The molecule has 0 amide bonds. The number of hydrogen-bond acceptors (Lipinski definition) is 3. The molecule has 0 spiro atoms. The van der Waals surface area contributed by atoms with E-state index in [1.54, 1.807) is 31.2 Å². The molecule has 0 aliphatic rings. The summed E-state index contributed by atoms with van der Waals surface area (Å²) < 4.78 is 15.0. The fraction of sp³-hybridized carbons (Fsp3) is 0.0588. The van der Waals surface area contributed by atoms with Gasteiger partial charge in [0.05, 0.1) is 10.7 Å². The molecule has 0 bridgehead atoms. The van der Waals surface area contributed by atoms with Gasteiger partial charge >= 0.3 is 0 Å². The molecule has 0 atom stereocenters. The quantitative estimate of drug-likeness (QED) is 0.716. The summed E-state index contributed by atoms with van der Waals surface area (Å²) >= 11 is 12.1. The average molecular weight is 361 g/mol. The minimum Gasteiger partial charge on any atom is -0.382 e. The first-order valence-electron chi connectivity index (χ1n) is 6.92. The molecular formula is C17H11Cl2FN4. The summed E-state index contributed by atoms with van der Waals surface area (Å²) in [6, 6.07) is 11.3. The van der Waals surface area contributed by atoms with Crippen LogP contribution >= 0.6 is 23.2 Å². The topological polar surface area (TPSA) is 67.6 Å². The van der Waals surface area contributed by atoms with Gasteiger partial charge in [-0.1, -0.05) is 23.2 Å². The minimum absolute atomic E-state index is 0.114. The van der Waals surface area contributed by atoms with Crippen LogP contribution in [0.1, 0.15) is 11.1 Å². The molecule has 0 aliphatic carbocycles. The Morgan fingerprint density at radius 3 is 2.58 bits per heavy atom. The van der Waals surface area contributed by atoms with Crippen LogP contribution < -0.4 is 5.73 Å². The van der Waals surface area contributed by atoms with Crippen LogP contribution in [0.3, 0.4) is 0 Å². The molecule has 2 N–H and O–H groups in total. The van der Waals surface area contributed by atoms with Crippen LogP contribution in [0, 0.1) is 24.1 Å². The number of benzene rings is 2. The molecule has 24 heavy (non-hydrogen) atoms. The Hall–Kier alpha value is -2.55. The lowest BCUT2D eigenvalue weighted by molar-refractivity contribution is 0.624. The van der Waals surface area contributed by atoms with Crippen molar-refractivity contribution in [3.8, 4) is 23.0 Å². The molecule has 1 heterocycles. The number of nitrogens with zero attached hydrogens (tertiary/aromatic N) is 3. The zero-order chi connectivity index (χ0) is 17.4.